The van der Waals surface area contributed by atoms with Gasteiger partial charge in [-0.05, 0) is 54.9 Å². The van der Waals surface area contributed by atoms with E-state index >= 15 is 0 Å². The number of aldehydes is 1. The lowest BCUT2D eigenvalue weighted by molar-refractivity contribution is 0.112. The lowest BCUT2D eigenvalue weighted by atomic mass is 9.93. The summed E-state index contributed by atoms with van der Waals surface area (Å²) in [4.78, 5) is 29.4. The lowest BCUT2D eigenvalue weighted by Gasteiger charge is -2.27. The molecule has 0 saturated heterocycles. The van der Waals surface area contributed by atoms with Crippen LogP contribution in [-0.4, -0.2) is 35.3 Å². The van der Waals surface area contributed by atoms with Crippen LogP contribution in [0, 0.1) is 0 Å². The molecule has 1 aromatic heterocycles. The topological polar surface area (TPSA) is 77.2 Å². The molecule has 32 heavy (non-hydrogen) atoms. The number of aromatic amines is 1. The third-order valence-electron chi connectivity index (χ3n) is 6.01. The summed E-state index contributed by atoms with van der Waals surface area (Å²) in [5.41, 5.74) is 3.94. The van der Waals surface area contributed by atoms with Crippen molar-refractivity contribution in [3.05, 3.63) is 72.1 Å². The fourth-order valence-electron chi connectivity index (χ4n) is 4.24. The Kier molecular flexibility index (Phi) is 6.90. The number of nitrogens with zero attached hydrogens (tertiary/aromatic N) is 1. The van der Waals surface area contributed by atoms with Crippen molar-refractivity contribution in [3.63, 3.8) is 0 Å². The Bertz CT molecular complexity index is 1120. The Morgan fingerprint density at radius 2 is 2.06 bits per heavy atom. The second kappa shape index (κ2) is 10.2. The summed E-state index contributed by atoms with van der Waals surface area (Å²) < 4.78 is 0. The van der Waals surface area contributed by atoms with Crippen molar-refractivity contribution in [1.82, 2.24) is 9.88 Å². The number of H-pyrrole nitrogens is 1. The first-order chi connectivity index (χ1) is 15.7. The van der Waals surface area contributed by atoms with Crippen molar-refractivity contribution in [1.29, 1.82) is 0 Å². The molecule has 0 fully saturated rings. The van der Waals surface area contributed by atoms with Crippen LogP contribution < -0.4 is 10.6 Å². The Morgan fingerprint density at radius 1 is 1.19 bits per heavy atom. The molecule has 0 aliphatic carbocycles. The van der Waals surface area contributed by atoms with E-state index in [0.29, 0.717) is 22.9 Å². The number of amides is 2. The molecule has 2 heterocycles. The highest BCUT2D eigenvalue weighted by Crippen LogP contribution is 2.33. The quantitative estimate of drug-likeness (QED) is 0.298. The van der Waals surface area contributed by atoms with Crippen molar-refractivity contribution >= 4 is 34.6 Å². The Hall–Kier alpha value is -3.54. The summed E-state index contributed by atoms with van der Waals surface area (Å²) in [7, 11) is 0. The number of anilines is 2. The number of nitrogens with one attached hydrogen (secondary N) is 3. The highest BCUT2D eigenvalue weighted by Gasteiger charge is 2.18. The third-order valence-corrected chi connectivity index (χ3v) is 6.01. The SMILES string of the molecule is CCCCCN1C=CC(c2c[nH]c3ccc(NC(=O)Nc4ccccc4C=O)cc23)CC1. The number of allylic oxidation sites excluding steroid dienone is 1. The van der Waals surface area contributed by atoms with E-state index in [0.717, 1.165) is 36.7 Å². The molecule has 0 radical (unpaired) electrons. The van der Waals surface area contributed by atoms with Crippen LogP contribution in [0.4, 0.5) is 16.2 Å². The number of carbonyl (C=O) groups excluding carboxylic acids is 2. The van der Waals surface area contributed by atoms with Gasteiger partial charge in [0, 0.05) is 47.4 Å². The van der Waals surface area contributed by atoms with E-state index < -0.39 is 0 Å². The molecule has 6 nitrogen and oxygen atoms in total. The number of fused-ring (bicyclic) bond motifs is 1. The van der Waals surface area contributed by atoms with Gasteiger partial charge in [0.05, 0.1) is 5.69 Å². The van der Waals surface area contributed by atoms with Gasteiger partial charge < -0.3 is 20.5 Å². The Balaban J connectivity index is 1.45. The van der Waals surface area contributed by atoms with E-state index in [1.54, 1.807) is 24.3 Å². The molecular weight excluding hydrogens is 400 g/mol. The van der Waals surface area contributed by atoms with E-state index in [-0.39, 0.29) is 6.03 Å². The molecule has 1 aliphatic heterocycles. The van der Waals surface area contributed by atoms with E-state index in [9.17, 15) is 9.59 Å². The summed E-state index contributed by atoms with van der Waals surface area (Å²) in [6.45, 7) is 4.42. The Labute approximate surface area is 188 Å². The van der Waals surface area contributed by atoms with Gasteiger partial charge in [-0.3, -0.25) is 4.79 Å². The number of carbonyl (C=O) groups is 2. The molecule has 6 heteroatoms. The van der Waals surface area contributed by atoms with Crippen molar-refractivity contribution in [2.75, 3.05) is 23.7 Å². The average molecular weight is 431 g/mol. The number of rotatable bonds is 8. The van der Waals surface area contributed by atoms with Crippen LogP contribution in [0.2, 0.25) is 0 Å². The smallest absolute Gasteiger partial charge is 0.323 e. The van der Waals surface area contributed by atoms with Gasteiger partial charge in [0.25, 0.3) is 0 Å². The van der Waals surface area contributed by atoms with Gasteiger partial charge in [-0.2, -0.15) is 0 Å². The zero-order valence-electron chi connectivity index (χ0n) is 18.4. The molecule has 1 aliphatic rings. The van der Waals surface area contributed by atoms with Crippen LogP contribution in [-0.2, 0) is 0 Å². The van der Waals surface area contributed by atoms with Gasteiger partial charge in [-0.15, -0.1) is 0 Å². The number of hydrogen-bond acceptors (Lipinski definition) is 3. The predicted molar refractivity (Wildman–Crippen MR) is 130 cm³/mol. The van der Waals surface area contributed by atoms with Crippen LogP contribution in [0.3, 0.4) is 0 Å². The van der Waals surface area contributed by atoms with E-state index in [1.807, 2.05) is 18.2 Å². The summed E-state index contributed by atoms with van der Waals surface area (Å²) in [6.07, 6.45) is 12.2. The van der Waals surface area contributed by atoms with Crippen molar-refractivity contribution < 1.29 is 9.59 Å². The van der Waals surface area contributed by atoms with E-state index in [2.05, 4.69) is 45.9 Å². The van der Waals surface area contributed by atoms with Crippen LogP contribution in [0.25, 0.3) is 10.9 Å². The third kappa shape index (κ3) is 5.02. The number of unbranched alkanes of at least 4 members (excludes halogenated alkanes) is 2. The van der Waals surface area contributed by atoms with Gasteiger partial charge in [0.2, 0.25) is 0 Å². The van der Waals surface area contributed by atoms with Crippen LogP contribution in [0.5, 0.6) is 0 Å². The largest absolute Gasteiger partial charge is 0.378 e. The first kappa shape index (κ1) is 21.7. The standard InChI is InChI=1S/C26H30N4O2/c1-2-3-6-13-30-14-11-19(12-15-30)23-17-27-25-10-9-21(16-22(23)25)28-26(32)29-24-8-5-4-7-20(24)18-31/h4-5,7-11,14,16-19,27H,2-3,6,12-13,15H2,1H3,(H2,28,29,32). The molecule has 4 rings (SSSR count). The molecular formula is C26H30N4O2. The number of aromatic nitrogens is 1. The highest BCUT2D eigenvalue weighted by molar-refractivity contribution is 6.03. The molecule has 2 amide bonds. The first-order valence-corrected chi connectivity index (χ1v) is 11.3. The molecule has 0 saturated carbocycles. The second-order valence-corrected chi connectivity index (χ2v) is 8.27. The predicted octanol–water partition coefficient (Wildman–Crippen LogP) is 6.12. The van der Waals surface area contributed by atoms with Crippen molar-refractivity contribution in [2.24, 2.45) is 0 Å². The van der Waals surface area contributed by atoms with Gasteiger partial charge in [0.1, 0.15) is 0 Å². The molecule has 0 bridgehead atoms. The second-order valence-electron chi connectivity index (χ2n) is 8.27. The van der Waals surface area contributed by atoms with Crippen LogP contribution in [0.1, 0.15) is 54.4 Å². The fourth-order valence-corrected chi connectivity index (χ4v) is 4.24. The molecule has 166 valence electrons. The highest BCUT2D eigenvalue weighted by atomic mass is 16.2. The molecule has 3 aromatic rings. The minimum atomic E-state index is -0.379. The Morgan fingerprint density at radius 3 is 2.84 bits per heavy atom. The minimum Gasteiger partial charge on any atom is -0.378 e. The van der Waals surface area contributed by atoms with Gasteiger partial charge in [0.15, 0.2) is 6.29 Å². The van der Waals surface area contributed by atoms with Gasteiger partial charge >= 0.3 is 6.03 Å². The maximum Gasteiger partial charge on any atom is 0.323 e. The summed E-state index contributed by atoms with van der Waals surface area (Å²) in [6, 6.07) is 12.4. The van der Waals surface area contributed by atoms with E-state index in [4.69, 9.17) is 0 Å². The summed E-state index contributed by atoms with van der Waals surface area (Å²) in [5, 5.41) is 6.75. The molecule has 0 spiro atoms. The average Bonchev–Trinajstić information content (AvgIpc) is 3.23. The number of para-hydroxylation sites is 1. The number of hydrogen-bond donors (Lipinski definition) is 3. The van der Waals surface area contributed by atoms with Crippen LogP contribution >= 0.6 is 0 Å². The molecule has 1 unspecified atom stereocenters. The summed E-state index contributed by atoms with van der Waals surface area (Å²) >= 11 is 0. The maximum atomic E-state index is 12.5. The monoisotopic (exact) mass is 430 g/mol. The van der Waals surface area contributed by atoms with Crippen LogP contribution in [0.15, 0.2) is 60.9 Å². The van der Waals surface area contributed by atoms with Gasteiger partial charge in [-0.1, -0.05) is 38.0 Å². The molecule has 2 aromatic carbocycles. The first-order valence-electron chi connectivity index (χ1n) is 11.3. The molecule has 3 N–H and O–H groups in total. The molecule has 1 atom stereocenters. The van der Waals surface area contributed by atoms with Gasteiger partial charge in [-0.25, -0.2) is 4.79 Å². The normalized spacial score (nSPS) is 15.7. The zero-order chi connectivity index (χ0) is 22.3. The number of benzene rings is 2. The van der Waals surface area contributed by atoms with Crippen molar-refractivity contribution in [3.8, 4) is 0 Å². The summed E-state index contributed by atoms with van der Waals surface area (Å²) in [5.74, 6) is 0.356. The lowest BCUT2D eigenvalue weighted by Crippen LogP contribution is -2.24. The minimum absolute atomic E-state index is 0.356. The maximum absolute atomic E-state index is 12.5. The number of urea groups is 1. The fraction of sp³-hybridized carbons (Fsp3) is 0.308. The van der Waals surface area contributed by atoms with Crippen molar-refractivity contribution in [2.45, 2.75) is 38.5 Å². The zero-order valence-corrected chi connectivity index (χ0v) is 18.4. The van der Waals surface area contributed by atoms with E-state index in [1.165, 1.54) is 24.8 Å².